The summed E-state index contributed by atoms with van der Waals surface area (Å²) in [5.41, 5.74) is 3.90. The van der Waals surface area contributed by atoms with Crippen LogP contribution < -0.4 is 5.32 Å². The van der Waals surface area contributed by atoms with E-state index in [0.29, 0.717) is 0 Å². The topological polar surface area (TPSA) is 35.8 Å². The van der Waals surface area contributed by atoms with Crippen LogP contribution in [0.4, 0.5) is 5.69 Å². The number of nitrogens with zero attached hydrogens (tertiary/aromatic N) is 1. The van der Waals surface area contributed by atoms with Gasteiger partial charge in [0.2, 0.25) is 0 Å². The fraction of sp³-hybridized carbons (Fsp3) is 0.154. The molecule has 1 N–H and O–H groups in total. The quantitative estimate of drug-likeness (QED) is 0.872. The van der Waals surface area contributed by atoms with Crippen LogP contribution in [0.5, 0.6) is 0 Å². The van der Waals surface area contributed by atoms with Crippen LogP contribution in [0.2, 0.25) is 0 Å². The van der Waals surface area contributed by atoms with Crippen LogP contribution >= 0.6 is 11.3 Å². The lowest BCUT2D eigenvalue weighted by Gasteiger charge is -2.08. The highest BCUT2D eigenvalue weighted by atomic mass is 32.1. The third kappa shape index (κ3) is 2.23. The van der Waals surface area contributed by atoms with E-state index in [1.165, 1.54) is 5.56 Å². The largest absolute Gasteiger partial charge is 0.380 e. The number of hydrogen-bond donors (Lipinski definition) is 1. The maximum atomic E-state index is 9.07. The summed E-state index contributed by atoms with van der Waals surface area (Å²) in [5.74, 6) is 0. The van der Waals surface area contributed by atoms with E-state index >= 15 is 0 Å². The monoisotopic (exact) mass is 228 g/mol. The van der Waals surface area contributed by atoms with Gasteiger partial charge in [-0.15, -0.1) is 0 Å². The molecule has 2 rings (SSSR count). The Morgan fingerprint density at radius 2 is 2.25 bits per heavy atom. The van der Waals surface area contributed by atoms with E-state index < -0.39 is 0 Å². The summed E-state index contributed by atoms with van der Waals surface area (Å²) in [4.78, 5) is 0. The lowest BCUT2D eigenvalue weighted by Crippen LogP contribution is -2.01. The zero-order valence-electron chi connectivity index (χ0n) is 9.03. The Balaban J connectivity index is 2.16. The van der Waals surface area contributed by atoms with Gasteiger partial charge >= 0.3 is 0 Å². The smallest absolute Gasteiger partial charge is 0.102 e. The lowest BCUT2D eigenvalue weighted by atomic mass is 10.1. The molecule has 0 spiro atoms. The Morgan fingerprint density at radius 3 is 2.94 bits per heavy atom. The van der Waals surface area contributed by atoms with E-state index in [-0.39, 0.29) is 0 Å². The SMILES string of the molecule is Cc1cccc(NCc2ccsc2)c1C#N. The number of thiophene rings is 1. The van der Waals surface area contributed by atoms with Crippen molar-refractivity contribution in [1.82, 2.24) is 0 Å². The fourth-order valence-corrected chi connectivity index (χ4v) is 2.22. The summed E-state index contributed by atoms with van der Waals surface area (Å²) in [6.45, 7) is 2.72. The van der Waals surface area contributed by atoms with Crippen molar-refractivity contribution in [2.24, 2.45) is 0 Å². The van der Waals surface area contributed by atoms with Crippen LogP contribution in [0.25, 0.3) is 0 Å². The molecule has 0 aliphatic carbocycles. The molecule has 0 aliphatic heterocycles. The second-order valence-electron chi connectivity index (χ2n) is 3.59. The Hall–Kier alpha value is -1.79. The zero-order valence-corrected chi connectivity index (χ0v) is 9.84. The summed E-state index contributed by atoms with van der Waals surface area (Å²) >= 11 is 1.68. The minimum absolute atomic E-state index is 0.734. The van der Waals surface area contributed by atoms with Crippen molar-refractivity contribution in [3.05, 3.63) is 51.7 Å². The number of hydrogen-bond acceptors (Lipinski definition) is 3. The number of anilines is 1. The summed E-state index contributed by atoms with van der Waals surface area (Å²) in [6.07, 6.45) is 0. The van der Waals surface area contributed by atoms with E-state index in [4.69, 9.17) is 5.26 Å². The van der Waals surface area contributed by atoms with E-state index in [1.807, 2.05) is 25.1 Å². The second-order valence-corrected chi connectivity index (χ2v) is 4.37. The van der Waals surface area contributed by atoms with Gasteiger partial charge in [0.05, 0.1) is 11.3 Å². The molecule has 0 saturated carbocycles. The number of nitriles is 1. The molecule has 0 radical (unpaired) electrons. The summed E-state index contributed by atoms with van der Waals surface area (Å²) in [5, 5.41) is 16.5. The Labute approximate surface area is 99.2 Å². The van der Waals surface area contributed by atoms with E-state index in [0.717, 1.165) is 23.4 Å². The molecule has 0 unspecified atom stereocenters. The number of benzene rings is 1. The van der Waals surface area contributed by atoms with Crippen LogP contribution in [0.1, 0.15) is 16.7 Å². The third-order valence-corrected chi connectivity index (χ3v) is 3.18. The first kappa shape index (κ1) is 10.7. The van der Waals surface area contributed by atoms with Gasteiger partial charge in [0.15, 0.2) is 0 Å². The van der Waals surface area contributed by atoms with Gasteiger partial charge in [0.1, 0.15) is 6.07 Å². The minimum Gasteiger partial charge on any atom is -0.380 e. The number of rotatable bonds is 3. The molecular formula is C13H12N2S. The van der Waals surface area contributed by atoms with Crippen molar-refractivity contribution in [3.63, 3.8) is 0 Å². The van der Waals surface area contributed by atoms with Crippen LogP contribution in [0.3, 0.4) is 0 Å². The summed E-state index contributed by atoms with van der Waals surface area (Å²) in [6, 6.07) is 10.2. The van der Waals surface area contributed by atoms with Crippen molar-refractivity contribution in [2.75, 3.05) is 5.32 Å². The minimum atomic E-state index is 0.734. The molecule has 80 valence electrons. The molecular weight excluding hydrogens is 216 g/mol. The molecule has 0 amide bonds. The van der Waals surface area contributed by atoms with Gasteiger partial charge in [-0.2, -0.15) is 16.6 Å². The van der Waals surface area contributed by atoms with Crippen molar-refractivity contribution >= 4 is 17.0 Å². The van der Waals surface area contributed by atoms with Crippen molar-refractivity contribution in [2.45, 2.75) is 13.5 Å². The molecule has 16 heavy (non-hydrogen) atoms. The second kappa shape index (κ2) is 4.82. The van der Waals surface area contributed by atoms with Crippen LogP contribution in [-0.4, -0.2) is 0 Å². The highest BCUT2D eigenvalue weighted by Crippen LogP contribution is 2.19. The van der Waals surface area contributed by atoms with Gasteiger partial charge in [-0.25, -0.2) is 0 Å². The highest BCUT2D eigenvalue weighted by molar-refractivity contribution is 7.07. The van der Waals surface area contributed by atoms with E-state index in [1.54, 1.807) is 11.3 Å². The molecule has 2 nitrogen and oxygen atoms in total. The Kier molecular flexibility index (Phi) is 3.23. The fourth-order valence-electron chi connectivity index (χ4n) is 1.55. The van der Waals surface area contributed by atoms with Gasteiger partial charge in [-0.1, -0.05) is 12.1 Å². The standard InChI is InChI=1S/C13H12N2S/c1-10-3-2-4-13(12(10)7-14)15-8-11-5-6-16-9-11/h2-6,9,15H,8H2,1H3. The van der Waals surface area contributed by atoms with Crippen LogP contribution in [0, 0.1) is 18.3 Å². The Morgan fingerprint density at radius 1 is 1.38 bits per heavy atom. The van der Waals surface area contributed by atoms with Crippen molar-refractivity contribution < 1.29 is 0 Å². The summed E-state index contributed by atoms with van der Waals surface area (Å²) in [7, 11) is 0. The van der Waals surface area contributed by atoms with Gasteiger partial charge in [-0.05, 0) is 40.9 Å². The van der Waals surface area contributed by atoms with E-state index in [2.05, 4.69) is 28.2 Å². The number of aryl methyl sites for hydroxylation is 1. The van der Waals surface area contributed by atoms with Gasteiger partial charge in [0.25, 0.3) is 0 Å². The molecule has 2 aromatic rings. The maximum absolute atomic E-state index is 9.07. The first-order valence-electron chi connectivity index (χ1n) is 5.06. The van der Waals surface area contributed by atoms with Crippen LogP contribution in [0.15, 0.2) is 35.0 Å². The Bertz CT molecular complexity index is 509. The predicted octanol–water partition coefficient (Wildman–Crippen LogP) is 3.54. The van der Waals surface area contributed by atoms with Gasteiger partial charge in [-0.3, -0.25) is 0 Å². The predicted molar refractivity (Wildman–Crippen MR) is 67.5 cm³/mol. The molecule has 0 bridgehead atoms. The first-order chi connectivity index (χ1) is 7.81. The molecule has 0 atom stereocenters. The molecule has 1 aromatic heterocycles. The highest BCUT2D eigenvalue weighted by Gasteiger charge is 2.03. The van der Waals surface area contributed by atoms with Gasteiger partial charge in [0, 0.05) is 6.54 Å². The summed E-state index contributed by atoms with van der Waals surface area (Å²) < 4.78 is 0. The lowest BCUT2D eigenvalue weighted by molar-refractivity contribution is 1.16. The van der Waals surface area contributed by atoms with Crippen molar-refractivity contribution in [1.29, 1.82) is 5.26 Å². The van der Waals surface area contributed by atoms with Crippen LogP contribution in [-0.2, 0) is 6.54 Å². The molecule has 1 heterocycles. The third-order valence-electron chi connectivity index (χ3n) is 2.45. The normalized spacial score (nSPS) is 9.75. The van der Waals surface area contributed by atoms with Crippen molar-refractivity contribution in [3.8, 4) is 6.07 Å². The molecule has 0 aliphatic rings. The number of nitrogens with one attached hydrogen (secondary N) is 1. The molecule has 1 aromatic carbocycles. The molecule has 0 fully saturated rings. The first-order valence-corrected chi connectivity index (χ1v) is 6.00. The van der Waals surface area contributed by atoms with E-state index in [9.17, 15) is 0 Å². The average Bonchev–Trinajstić information content (AvgIpc) is 2.79. The molecule has 3 heteroatoms. The zero-order chi connectivity index (χ0) is 11.4. The maximum Gasteiger partial charge on any atom is 0.102 e. The van der Waals surface area contributed by atoms with Gasteiger partial charge < -0.3 is 5.32 Å². The molecule has 0 saturated heterocycles. The average molecular weight is 228 g/mol.